The summed E-state index contributed by atoms with van der Waals surface area (Å²) in [5, 5.41) is 37.5. The van der Waals surface area contributed by atoms with Gasteiger partial charge in [-0.3, -0.25) is 14.9 Å². The maximum atomic E-state index is 10.5. The van der Waals surface area contributed by atoms with Gasteiger partial charge in [0.05, 0.1) is 4.92 Å². The number of nitrogens with two attached hydrogens (primary N) is 1. The molecule has 100 valence electrons. The van der Waals surface area contributed by atoms with Gasteiger partial charge in [-0.15, -0.1) is 17.0 Å². The molecule has 1 aromatic rings. The number of nitro groups is 1. The molecule has 9 heteroatoms. The Kier molecular flexibility index (Phi) is 5.53. The molecule has 0 saturated heterocycles. The average molecular weight is 323 g/mol. The summed E-state index contributed by atoms with van der Waals surface area (Å²) in [6.07, 6.45) is -0.190. The van der Waals surface area contributed by atoms with Crippen LogP contribution in [0.4, 0.5) is 5.69 Å². The van der Waals surface area contributed by atoms with E-state index in [1.54, 1.807) is 0 Å². The van der Waals surface area contributed by atoms with Crippen molar-refractivity contribution < 1.29 is 25.0 Å². The number of halogens is 1. The molecule has 0 aliphatic heterocycles. The van der Waals surface area contributed by atoms with E-state index in [4.69, 9.17) is 10.8 Å². The highest BCUT2D eigenvalue weighted by Crippen LogP contribution is 2.36. The second-order valence-electron chi connectivity index (χ2n) is 3.39. The van der Waals surface area contributed by atoms with Gasteiger partial charge in [0.1, 0.15) is 6.04 Å². The van der Waals surface area contributed by atoms with Crippen molar-refractivity contribution in [2.24, 2.45) is 5.73 Å². The van der Waals surface area contributed by atoms with Crippen LogP contribution in [0.5, 0.6) is 11.5 Å². The second kappa shape index (κ2) is 6.17. The summed E-state index contributed by atoms with van der Waals surface area (Å²) in [6.45, 7) is 0. The summed E-state index contributed by atoms with van der Waals surface area (Å²) in [4.78, 5) is 20.2. The molecule has 0 bridgehead atoms. The number of aromatic hydroxyl groups is 2. The molecule has 0 heterocycles. The molecule has 0 amide bonds. The van der Waals surface area contributed by atoms with Crippen LogP contribution in [0, 0.1) is 10.1 Å². The highest BCUT2D eigenvalue weighted by Gasteiger charge is 2.21. The van der Waals surface area contributed by atoms with Crippen LogP contribution in [0.1, 0.15) is 5.56 Å². The normalized spacial score (nSPS) is 11.4. The van der Waals surface area contributed by atoms with E-state index in [-0.39, 0.29) is 29.0 Å². The predicted octanol–water partition coefficient (Wildman–Crippen LogP) is 0.538. The van der Waals surface area contributed by atoms with E-state index >= 15 is 0 Å². The minimum Gasteiger partial charge on any atom is -0.504 e. The SMILES string of the molecule is Br.N[C@@H](Cc1cc(O)c(O)c([N+](=O)[O-])c1)C(=O)O. The molecule has 1 rings (SSSR count). The first kappa shape index (κ1) is 16.1. The minimum atomic E-state index is -1.26. The van der Waals surface area contributed by atoms with Gasteiger partial charge in [0.25, 0.3) is 0 Å². The Balaban J connectivity index is 0.00000289. The van der Waals surface area contributed by atoms with Crippen LogP contribution in [-0.4, -0.2) is 32.3 Å². The highest BCUT2D eigenvalue weighted by atomic mass is 79.9. The van der Waals surface area contributed by atoms with Crippen LogP contribution in [0.15, 0.2) is 12.1 Å². The van der Waals surface area contributed by atoms with Crippen molar-refractivity contribution in [1.29, 1.82) is 0 Å². The number of nitrogens with zero attached hydrogens (tertiary/aromatic N) is 1. The molecule has 0 aliphatic carbocycles. The molecule has 0 unspecified atom stereocenters. The lowest BCUT2D eigenvalue weighted by Gasteiger charge is -2.07. The molecule has 8 nitrogen and oxygen atoms in total. The summed E-state index contributed by atoms with van der Waals surface area (Å²) in [5.41, 5.74) is 4.71. The number of carboxylic acids is 1. The fourth-order valence-electron chi connectivity index (χ4n) is 1.26. The summed E-state index contributed by atoms with van der Waals surface area (Å²) in [5.74, 6) is -2.81. The second-order valence-corrected chi connectivity index (χ2v) is 3.39. The zero-order valence-electron chi connectivity index (χ0n) is 8.94. The quantitative estimate of drug-likeness (QED) is 0.359. The number of hydrogen-bond acceptors (Lipinski definition) is 6. The van der Waals surface area contributed by atoms with Gasteiger partial charge in [-0.1, -0.05) is 0 Å². The van der Waals surface area contributed by atoms with E-state index in [0.717, 1.165) is 12.1 Å². The molecular weight excluding hydrogens is 312 g/mol. The lowest BCUT2D eigenvalue weighted by molar-refractivity contribution is -0.386. The Morgan fingerprint density at radius 1 is 1.44 bits per heavy atom. The average Bonchev–Trinajstić information content (AvgIpc) is 2.22. The maximum absolute atomic E-state index is 10.5. The Bertz CT molecular complexity index is 478. The van der Waals surface area contributed by atoms with Crippen molar-refractivity contribution >= 4 is 28.6 Å². The van der Waals surface area contributed by atoms with Gasteiger partial charge < -0.3 is 21.1 Å². The van der Waals surface area contributed by atoms with Gasteiger partial charge in [-0.05, 0) is 18.1 Å². The van der Waals surface area contributed by atoms with E-state index in [1.165, 1.54) is 0 Å². The molecule has 1 atom stereocenters. The molecule has 0 spiro atoms. The van der Waals surface area contributed by atoms with Gasteiger partial charge in [-0.2, -0.15) is 0 Å². The first-order valence-corrected chi connectivity index (χ1v) is 4.50. The monoisotopic (exact) mass is 322 g/mol. The van der Waals surface area contributed by atoms with Crippen LogP contribution < -0.4 is 5.73 Å². The van der Waals surface area contributed by atoms with Gasteiger partial charge in [0.2, 0.25) is 5.75 Å². The van der Waals surface area contributed by atoms with Crippen LogP contribution in [0.2, 0.25) is 0 Å². The number of phenolic OH excluding ortho intramolecular Hbond substituents is 2. The number of phenols is 2. The van der Waals surface area contributed by atoms with Crippen molar-refractivity contribution in [1.82, 2.24) is 0 Å². The van der Waals surface area contributed by atoms with Crippen molar-refractivity contribution in [3.05, 3.63) is 27.8 Å². The molecule has 5 N–H and O–H groups in total. The molecular formula is C9H11BrN2O6. The standard InChI is InChI=1S/C9H10N2O6.BrH/c10-5(9(14)15)1-4-2-6(11(16)17)8(13)7(12)3-4;/h2-3,5,12-13H,1,10H2,(H,14,15);1H/t5-;/m0./s1. The molecule has 1 aromatic carbocycles. The lowest BCUT2D eigenvalue weighted by atomic mass is 10.1. The molecule has 0 radical (unpaired) electrons. The largest absolute Gasteiger partial charge is 0.504 e. The first-order valence-electron chi connectivity index (χ1n) is 4.50. The third kappa shape index (κ3) is 3.57. The fourth-order valence-corrected chi connectivity index (χ4v) is 1.26. The maximum Gasteiger partial charge on any atom is 0.320 e. The number of benzene rings is 1. The first-order chi connectivity index (χ1) is 7.82. The summed E-state index contributed by atoms with van der Waals surface area (Å²) < 4.78 is 0. The van der Waals surface area contributed by atoms with Crippen LogP contribution in [0.3, 0.4) is 0 Å². The number of carboxylic acid groups (broad SMARTS) is 1. The molecule has 0 fully saturated rings. The Labute approximate surface area is 112 Å². The summed E-state index contributed by atoms with van der Waals surface area (Å²) >= 11 is 0. The van der Waals surface area contributed by atoms with E-state index in [9.17, 15) is 25.1 Å². The third-order valence-electron chi connectivity index (χ3n) is 2.10. The van der Waals surface area contributed by atoms with Crippen LogP contribution in [-0.2, 0) is 11.2 Å². The molecule has 0 aromatic heterocycles. The van der Waals surface area contributed by atoms with Crippen molar-refractivity contribution in [3.63, 3.8) is 0 Å². The Morgan fingerprint density at radius 2 is 2.00 bits per heavy atom. The number of aliphatic carboxylic acids is 1. The Morgan fingerprint density at radius 3 is 2.44 bits per heavy atom. The lowest BCUT2D eigenvalue weighted by Crippen LogP contribution is -2.32. The third-order valence-corrected chi connectivity index (χ3v) is 2.10. The van der Waals surface area contributed by atoms with Gasteiger partial charge in [0.15, 0.2) is 5.75 Å². The number of carbonyl (C=O) groups is 1. The van der Waals surface area contributed by atoms with Gasteiger partial charge >= 0.3 is 11.7 Å². The molecule has 0 aliphatic rings. The van der Waals surface area contributed by atoms with Crippen molar-refractivity contribution in [2.75, 3.05) is 0 Å². The summed E-state index contributed by atoms with van der Waals surface area (Å²) in [7, 11) is 0. The number of rotatable bonds is 4. The van der Waals surface area contributed by atoms with Crippen LogP contribution >= 0.6 is 17.0 Å². The van der Waals surface area contributed by atoms with E-state index in [0.29, 0.717) is 0 Å². The van der Waals surface area contributed by atoms with Crippen LogP contribution in [0.25, 0.3) is 0 Å². The smallest absolute Gasteiger partial charge is 0.320 e. The molecule has 18 heavy (non-hydrogen) atoms. The Hall–Kier alpha value is -1.87. The summed E-state index contributed by atoms with van der Waals surface area (Å²) in [6, 6.07) is 0.766. The van der Waals surface area contributed by atoms with Crippen molar-refractivity contribution in [3.8, 4) is 11.5 Å². The zero-order chi connectivity index (χ0) is 13.2. The van der Waals surface area contributed by atoms with Gasteiger partial charge in [-0.25, -0.2) is 0 Å². The van der Waals surface area contributed by atoms with E-state index < -0.39 is 34.1 Å². The zero-order valence-corrected chi connectivity index (χ0v) is 10.7. The topological polar surface area (TPSA) is 147 Å². The van der Waals surface area contributed by atoms with E-state index in [1.807, 2.05) is 0 Å². The minimum absolute atomic E-state index is 0. The van der Waals surface area contributed by atoms with Gasteiger partial charge in [0, 0.05) is 6.07 Å². The number of hydrogen-bond donors (Lipinski definition) is 4. The highest BCUT2D eigenvalue weighted by molar-refractivity contribution is 8.93. The van der Waals surface area contributed by atoms with Crippen molar-refractivity contribution in [2.45, 2.75) is 12.5 Å². The number of nitro benzene ring substituents is 1. The molecule has 0 saturated carbocycles. The predicted molar refractivity (Wildman–Crippen MR) is 66.1 cm³/mol. The van der Waals surface area contributed by atoms with E-state index in [2.05, 4.69) is 0 Å². The fraction of sp³-hybridized carbons (Fsp3) is 0.222.